The molecule has 20 heavy (non-hydrogen) atoms. The van der Waals surface area contributed by atoms with Gasteiger partial charge in [0.15, 0.2) is 0 Å². The van der Waals surface area contributed by atoms with E-state index < -0.39 is 0 Å². The highest BCUT2D eigenvalue weighted by molar-refractivity contribution is 6.30. The van der Waals surface area contributed by atoms with Gasteiger partial charge >= 0.3 is 6.09 Å². The van der Waals surface area contributed by atoms with E-state index in [2.05, 4.69) is 0 Å². The number of piperazine rings is 1. The number of hydrogen-bond donors (Lipinski definition) is 0. The van der Waals surface area contributed by atoms with Gasteiger partial charge in [0.1, 0.15) is 0 Å². The number of amides is 2. The lowest BCUT2D eigenvalue weighted by Gasteiger charge is -2.34. The number of ether oxygens (including phenoxy) is 1. The van der Waals surface area contributed by atoms with E-state index in [1.165, 1.54) is 0 Å². The first-order chi connectivity index (χ1) is 9.61. The summed E-state index contributed by atoms with van der Waals surface area (Å²) in [6.07, 6.45) is -0.317. The molecule has 0 aliphatic carbocycles. The molecule has 1 aromatic carbocycles. The molecule has 0 bridgehead atoms. The van der Waals surface area contributed by atoms with Crippen LogP contribution in [0, 0.1) is 0 Å². The Hall–Kier alpha value is -1.75. The van der Waals surface area contributed by atoms with Crippen molar-refractivity contribution in [2.75, 3.05) is 32.8 Å². The third kappa shape index (κ3) is 3.42. The zero-order valence-electron chi connectivity index (χ0n) is 11.3. The number of carbonyl (C=O) groups is 2. The molecule has 0 spiro atoms. The summed E-state index contributed by atoms with van der Waals surface area (Å²) in [5.41, 5.74) is 0.571. The summed E-state index contributed by atoms with van der Waals surface area (Å²) in [5, 5.41) is 0.543. The van der Waals surface area contributed by atoms with Crippen molar-refractivity contribution in [3.05, 3.63) is 34.9 Å². The largest absolute Gasteiger partial charge is 0.450 e. The van der Waals surface area contributed by atoms with E-state index in [1.807, 2.05) is 0 Å². The van der Waals surface area contributed by atoms with Crippen molar-refractivity contribution in [1.82, 2.24) is 9.80 Å². The fraction of sp³-hybridized carbons (Fsp3) is 0.429. The van der Waals surface area contributed by atoms with Crippen LogP contribution < -0.4 is 0 Å². The summed E-state index contributed by atoms with van der Waals surface area (Å²) in [5.74, 6) is -0.0593. The van der Waals surface area contributed by atoms with Gasteiger partial charge in [0.2, 0.25) is 0 Å². The quantitative estimate of drug-likeness (QED) is 0.841. The minimum Gasteiger partial charge on any atom is -0.450 e. The van der Waals surface area contributed by atoms with E-state index >= 15 is 0 Å². The van der Waals surface area contributed by atoms with Crippen molar-refractivity contribution in [3.8, 4) is 0 Å². The number of rotatable bonds is 2. The standard InChI is InChI=1S/C14H17ClN2O3/c1-2-20-14(19)17-8-6-16(7-9-17)13(18)11-4-3-5-12(15)10-11/h3-5,10H,2,6-9H2,1H3. The molecule has 1 fully saturated rings. The van der Waals surface area contributed by atoms with E-state index in [0.29, 0.717) is 43.4 Å². The van der Waals surface area contributed by atoms with Crippen LogP contribution in [-0.4, -0.2) is 54.6 Å². The number of nitrogens with zero attached hydrogens (tertiary/aromatic N) is 2. The normalized spacial score (nSPS) is 15.1. The molecular formula is C14H17ClN2O3. The molecule has 0 saturated carbocycles. The van der Waals surface area contributed by atoms with Crippen LogP contribution in [0.1, 0.15) is 17.3 Å². The van der Waals surface area contributed by atoms with Crippen LogP contribution >= 0.6 is 11.6 Å². The second-order valence-electron chi connectivity index (χ2n) is 4.49. The highest BCUT2D eigenvalue weighted by Crippen LogP contribution is 2.14. The lowest BCUT2D eigenvalue weighted by atomic mass is 10.2. The monoisotopic (exact) mass is 296 g/mol. The summed E-state index contributed by atoms with van der Waals surface area (Å²) < 4.78 is 4.94. The lowest BCUT2D eigenvalue weighted by Crippen LogP contribution is -2.50. The van der Waals surface area contributed by atoms with Gasteiger partial charge in [0.05, 0.1) is 6.61 Å². The SMILES string of the molecule is CCOC(=O)N1CCN(C(=O)c2cccc(Cl)c2)CC1. The Bertz CT molecular complexity index is 499. The average Bonchev–Trinajstić information content (AvgIpc) is 2.47. The smallest absolute Gasteiger partial charge is 0.409 e. The third-order valence-corrected chi connectivity index (χ3v) is 3.40. The molecule has 0 aromatic heterocycles. The molecule has 1 aliphatic heterocycles. The summed E-state index contributed by atoms with van der Waals surface area (Å²) in [6.45, 7) is 4.13. The Morgan fingerprint density at radius 2 is 1.85 bits per heavy atom. The second-order valence-corrected chi connectivity index (χ2v) is 4.92. The van der Waals surface area contributed by atoms with Gasteiger partial charge in [-0.25, -0.2) is 4.79 Å². The topological polar surface area (TPSA) is 49.9 Å². The predicted octanol–water partition coefficient (Wildman–Crippen LogP) is 2.25. The summed E-state index contributed by atoms with van der Waals surface area (Å²) >= 11 is 5.89. The molecule has 0 radical (unpaired) electrons. The van der Waals surface area contributed by atoms with Gasteiger partial charge in [0, 0.05) is 36.8 Å². The lowest BCUT2D eigenvalue weighted by molar-refractivity contribution is 0.0570. The second kappa shape index (κ2) is 6.61. The highest BCUT2D eigenvalue weighted by atomic mass is 35.5. The van der Waals surface area contributed by atoms with Crippen molar-refractivity contribution in [2.24, 2.45) is 0 Å². The summed E-state index contributed by atoms with van der Waals surface area (Å²) in [4.78, 5) is 27.2. The van der Waals surface area contributed by atoms with Crippen molar-refractivity contribution >= 4 is 23.6 Å². The van der Waals surface area contributed by atoms with E-state index in [1.54, 1.807) is 41.0 Å². The maximum atomic E-state index is 12.3. The van der Waals surface area contributed by atoms with Crippen LogP contribution in [0.25, 0.3) is 0 Å². The molecule has 0 atom stereocenters. The fourth-order valence-corrected chi connectivity index (χ4v) is 2.30. The maximum absolute atomic E-state index is 12.3. The fourth-order valence-electron chi connectivity index (χ4n) is 2.11. The van der Waals surface area contributed by atoms with Crippen molar-refractivity contribution in [3.63, 3.8) is 0 Å². The molecule has 2 rings (SSSR count). The zero-order chi connectivity index (χ0) is 14.5. The number of benzene rings is 1. The van der Waals surface area contributed by atoms with E-state index in [-0.39, 0.29) is 12.0 Å². The Balaban J connectivity index is 1.93. The van der Waals surface area contributed by atoms with Gasteiger partial charge in [-0.2, -0.15) is 0 Å². The van der Waals surface area contributed by atoms with E-state index in [4.69, 9.17) is 16.3 Å². The molecular weight excluding hydrogens is 280 g/mol. The molecule has 6 heteroatoms. The van der Waals surface area contributed by atoms with Crippen LogP contribution in [0.5, 0.6) is 0 Å². The zero-order valence-corrected chi connectivity index (χ0v) is 12.1. The molecule has 1 heterocycles. The molecule has 5 nitrogen and oxygen atoms in total. The van der Waals surface area contributed by atoms with Crippen LogP contribution in [-0.2, 0) is 4.74 Å². The molecule has 1 saturated heterocycles. The number of carbonyl (C=O) groups excluding carboxylic acids is 2. The first-order valence-electron chi connectivity index (χ1n) is 6.58. The minimum atomic E-state index is -0.317. The predicted molar refractivity (Wildman–Crippen MR) is 76.0 cm³/mol. The highest BCUT2D eigenvalue weighted by Gasteiger charge is 2.25. The van der Waals surface area contributed by atoms with Gasteiger partial charge in [-0.3, -0.25) is 4.79 Å². The molecule has 0 N–H and O–H groups in total. The molecule has 1 aliphatic rings. The molecule has 2 amide bonds. The summed E-state index contributed by atoms with van der Waals surface area (Å²) in [6, 6.07) is 6.88. The first kappa shape index (κ1) is 14.7. The van der Waals surface area contributed by atoms with Gasteiger partial charge in [-0.05, 0) is 25.1 Å². The van der Waals surface area contributed by atoms with Crippen molar-refractivity contribution in [2.45, 2.75) is 6.92 Å². The van der Waals surface area contributed by atoms with Crippen molar-refractivity contribution in [1.29, 1.82) is 0 Å². The molecule has 108 valence electrons. The van der Waals surface area contributed by atoms with Crippen molar-refractivity contribution < 1.29 is 14.3 Å². The average molecular weight is 297 g/mol. The Kier molecular flexibility index (Phi) is 4.84. The van der Waals surface area contributed by atoms with Gasteiger partial charge in [0.25, 0.3) is 5.91 Å². The Morgan fingerprint density at radius 3 is 2.45 bits per heavy atom. The van der Waals surface area contributed by atoms with Gasteiger partial charge in [-0.1, -0.05) is 17.7 Å². The van der Waals surface area contributed by atoms with Crippen LogP contribution in [0.15, 0.2) is 24.3 Å². The van der Waals surface area contributed by atoms with Crippen LogP contribution in [0.4, 0.5) is 4.79 Å². The van der Waals surface area contributed by atoms with E-state index in [0.717, 1.165) is 0 Å². The first-order valence-corrected chi connectivity index (χ1v) is 6.96. The number of hydrogen-bond acceptors (Lipinski definition) is 3. The maximum Gasteiger partial charge on any atom is 0.409 e. The Morgan fingerprint density at radius 1 is 1.20 bits per heavy atom. The van der Waals surface area contributed by atoms with Gasteiger partial charge in [-0.15, -0.1) is 0 Å². The minimum absolute atomic E-state index is 0.0593. The number of halogens is 1. The molecule has 1 aromatic rings. The third-order valence-electron chi connectivity index (χ3n) is 3.16. The van der Waals surface area contributed by atoms with Crippen LogP contribution in [0.2, 0.25) is 5.02 Å². The van der Waals surface area contributed by atoms with Crippen LogP contribution in [0.3, 0.4) is 0 Å². The van der Waals surface area contributed by atoms with Gasteiger partial charge < -0.3 is 14.5 Å². The Labute approximate surface area is 123 Å². The van der Waals surface area contributed by atoms with E-state index in [9.17, 15) is 9.59 Å². The molecule has 0 unspecified atom stereocenters. The summed E-state index contributed by atoms with van der Waals surface area (Å²) in [7, 11) is 0.